The highest BCUT2D eigenvalue weighted by atomic mass is 31.2. The Morgan fingerprint density at radius 1 is 0.377 bits per heavy atom. The molecule has 0 bridgehead atoms. The Kier molecular flexibility index (Phi) is 51.9. The van der Waals surface area contributed by atoms with Gasteiger partial charge in [-0.25, -0.2) is 9.13 Å². The molecule has 0 rings (SSSR count). The summed E-state index contributed by atoms with van der Waals surface area (Å²) in [7, 11) is -9.75. The first-order valence-electron chi connectivity index (χ1n) is 29.6. The lowest BCUT2D eigenvalue weighted by Gasteiger charge is -2.21. The second kappa shape index (κ2) is 53.9. The van der Waals surface area contributed by atoms with Gasteiger partial charge in [0.25, 0.3) is 0 Å². The smallest absolute Gasteiger partial charge is 0.463 e. The minimum absolute atomic E-state index is 0.0944. The van der Waals surface area contributed by atoms with Gasteiger partial charge >= 0.3 is 33.6 Å². The topological polar surface area (TPSA) is 231 Å². The summed E-state index contributed by atoms with van der Waals surface area (Å²) in [6, 6.07) is 0. The molecule has 0 aliphatic carbocycles. The number of carbonyl (C=O) groups excluding carboxylic acids is 3. The van der Waals surface area contributed by atoms with Crippen molar-refractivity contribution in [2.24, 2.45) is 0 Å². The van der Waals surface area contributed by atoms with E-state index >= 15 is 0 Å². The van der Waals surface area contributed by atoms with Crippen molar-refractivity contribution in [2.75, 3.05) is 39.6 Å². The van der Waals surface area contributed by atoms with Crippen molar-refractivity contribution in [3.63, 3.8) is 0 Å². The third-order valence-corrected chi connectivity index (χ3v) is 14.1. The van der Waals surface area contributed by atoms with Crippen LogP contribution in [0.3, 0.4) is 0 Å². The Labute approximate surface area is 465 Å². The quantitative estimate of drug-likeness (QED) is 0.0146. The molecule has 5 unspecified atom stereocenters. The van der Waals surface area contributed by atoms with Crippen molar-refractivity contribution >= 4 is 33.6 Å². The molecule has 0 aromatic heterocycles. The maximum Gasteiger partial charge on any atom is 0.472 e. The summed E-state index contributed by atoms with van der Waals surface area (Å²) in [5, 5.41) is 20.4. The van der Waals surface area contributed by atoms with E-state index in [0.29, 0.717) is 19.3 Å². The summed E-state index contributed by atoms with van der Waals surface area (Å²) in [6.07, 6.45) is 50.1. The number of aliphatic hydroxyl groups excluding tert-OH is 2. The Hall–Kier alpha value is -2.75. The Balaban J connectivity index is 4.63. The lowest BCUT2D eigenvalue weighted by Crippen LogP contribution is -2.30. The van der Waals surface area contributed by atoms with Gasteiger partial charge in [0.15, 0.2) is 6.10 Å². The predicted molar refractivity (Wildman–Crippen MR) is 307 cm³/mol. The Morgan fingerprint density at radius 2 is 0.701 bits per heavy atom. The summed E-state index contributed by atoms with van der Waals surface area (Å²) < 4.78 is 60.5. The minimum atomic E-state index is -4.91. The highest BCUT2D eigenvalue weighted by Crippen LogP contribution is 2.45. The van der Waals surface area contributed by atoms with Gasteiger partial charge in [0, 0.05) is 19.3 Å². The molecule has 0 aromatic rings. The van der Waals surface area contributed by atoms with Crippen molar-refractivity contribution in [1.82, 2.24) is 0 Å². The van der Waals surface area contributed by atoms with Crippen LogP contribution in [0.2, 0.25) is 0 Å². The van der Waals surface area contributed by atoms with Gasteiger partial charge in [-0.2, -0.15) is 0 Å². The van der Waals surface area contributed by atoms with Crippen molar-refractivity contribution in [1.29, 1.82) is 0 Å². The number of esters is 3. The lowest BCUT2D eigenvalue weighted by atomic mass is 10.1. The van der Waals surface area contributed by atoms with Crippen LogP contribution in [0.15, 0.2) is 60.8 Å². The Bertz CT molecular complexity index is 1670. The molecule has 0 fully saturated rings. The molecule has 0 radical (unpaired) electrons. The van der Waals surface area contributed by atoms with Crippen LogP contribution in [0.25, 0.3) is 0 Å². The summed E-state index contributed by atoms with van der Waals surface area (Å²) >= 11 is 0. The highest BCUT2D eigenvalue weighted by Gasteiger charge is 2.29. The zero-order valence-corrected chi connectivity index (χ0v) is 49.7. The van der Waals surface area contributed by atoms with Gasteiger partial charge in [0.2, 0.25) is 0 Å². The molecule has 0 aliphatic rings. The van der Waals surface area contributed by atoms with Gasteiger partial charge in [-0.05, 0) is 96.3 Å². The molecular weight excluding hydrogens is 1030 g/mol. The number of ether oxygens (including phenoxy) is 3. The van der Waals surface area contributed by atoms with Crippen molar-refractivity contribution in [3.05, 3.63) is 60.8 Å². The molecule has 18 heteroatoms. The number of aliphatic hydroxyl groups is 2. The molecule has 5 atom stereocenters. The summed E-state index contributed by atoms with van der Waals surface area (Å²) in [4.78, 5) is 58.0. The minimum Gasteiger partial charge on any atom is -0.463 e. The first-order valence-corrected chi connectivity index (χ1v) is 32.6. The monoisotopic (exact) mass is 1130 g/mol. The first-order chi connectivity index (χ1) is 37.2. The zero-order chi connectivity index (χ0) is 56.8. The molecule has 77 heavy (non-hydrogen) atoms. The molecule has 0 amide bonds. The number of hydrogen-bond donors (Lipinski definition) is 4. The van der Waals surface area contributed by atoms with Gasteiger partial charge in [-0.3, -0.25) is 32.5 Å². The molecule has 4 N–H and O–H groups in total. The van der Waals surface area contributed by atoms with E-state index in [0.717, 1.165) is 141 Å². The number of unbranched alkanes of at least 4 members (excludes halogenated alkanes) is 23. The van der Waals surface area contributed by atoms with Crippen molar-refractivity contribution in [3.8, 4) is 0 Å². The average molecular weight is 1130 g/mol. The van der Waals surface area contributed by atoms with Crippen LogP contribution in [-0.4, -0.2) is 95.9 Å². The van der Waals surface area contributed by atoms with Crippen LogP contribution in [0, 0.1) is 0 Å². The van der Waals surface area contributed by atoms with Gasteiger partial charge in [0.05, 0.1) is 26.4 Å². The van der Waals surface area contributed by atoms with E-state index in [9.17, 15) is 43.5 Å². The van der Waals surface area contributed by atoms with Crippen LogP contribution in [-0.2, 0) is 55.8 Å². The normalized spacial score (nSPS) is 14.9. The van der Waals surface area contributed by atoms with Crippen LogP contribution in [0.5, 0.6) is 0 Å². The Morgan fingerprint density at radius 3 is 1.14 bits per heavy atom. The van der Waals surface area contributed by atoms with Gasteiger partial charge in [-0.15, -0.1) is 0 Å². The third-order valence-electron chi connectivity index (χ3n) is 12.2. The summed E-state index contributed by atoms with van der Waals surface area (Å²) in [6.45, 7) is 2.45. The number of carbonyl (C=O) groups is 3. The molecule has 0 saturated heterocycles. The van der Waals surface area contributed by atoms with E-state index in [4.69, 9.17) is 32.3 Å². The summed E-state index contributed by atoms with van der Waals surface area (Å²) in [5.41, 5.74) is 0. The molecule has 0 aromatic carbocycles. The molecule has 0 aliphatic heterocycles. The number of phosphoric ester groups is 2. The third kappa shape index (κ3) is 55.0. The van der Waals surface area contributed by atoms with Crippen molar-refractivity contribution in [2.45, 2.75) is 257 Å². The largest absolute Gasteiger partial charge is 0.472 e. The molecule has 448 valence electrons. The molecule has 0 heterocycles. The average Bonchev–Trinajstić information content (AvgIpc) is 3.40. The fraction of sp³-hybridized carbons (Fsp3) is 0.780. The fourth-order valence-corrected chi connectivity index (χ4v) is 9.20. The van der Waals surface area contributed by atoms with E-state index < -0.39 is 91.5 Å². The van der Waals surface area contributed by atoms with E-state index in [2.05, 4.69) is 81.5 Å². The molecular formula is C59H106O16P2. The highest BCUT2D eigenvalue weighted by molar-refractivity contribution is 7.47. The predicted octanol–water partition coefficient (Wildman–Crippen LogP) is 15.1. The number of rotatable bonds is 56. The zero-order valence-electron chi connectivity index (χ0n) is 47.9. The maximum absolute atomic E-state index is 12.8. The van der Waals surface area contributed by atoms with Gasteiger partial charge in [0.1, 0.15) is 25.4 Å². The van der Waals surface area contributed by atoms with Crippen LogP contribution in [0.1, 0.15) is 239 Å². The first kappa shape index (κ1) is 74.2. The second-order valence-electron chi connectivity index (χ2n) is 19.8. The standard InChI is InChI=1S/C59H106O16P2/c1-4-7-10-13-16-19-22-24-25-26-27-29-32-33-36-39-42-45-57(62)69-48-54(60)49-71-76(65,66)72-50-55(61)51-73-77(67,68)74-53-56(75-59(64)47-44-41-38-35-30-21-18-15-12-9-6-3)52-70-58(63)46-43-40-37-34-31-28-23-20-17-14-11-8-5-2/h7,10,15-16,18-20,23-25,54-56,60-61H,4-6,8-9,11-14,17,21-22,26-53H2,1-3H3,(H,65,66)(H,67,68)/b10-7-,18-15-,19-16-,23-20-,25-24-. The SMILES string of the molecule is CC/C=C\C/C=C\C/C=C\CCCCCCCCCC(=O)OCC(O)COP(=O)(O)OCC(O)COP(=O)(O)OCC(COC(=O)CCCCCCC/C=C\CCCCCC)OC(=O)CCCCCCC/C=C\CCCC. The van der Waals surface area contributed by atoms with E-state index in [-0.39, 0.29) is 19.3 Å². The van der Waals surface area contributed by atoms with E-state index in [1.54, 1.807) is 0 Å². The van der Waals surface area contributed by atoms with Gasteiger partial charge < -0.3 is 34.2 Å². The molecule has 0 spiro atoms. The maximum atomic E-state index is 12.8. The van der Waals surface area contributed by atoms with Gasteiger partial charge in [-0.1, -0.05) is 184 Å². The molecule has 0 saturated carbocycles. The number of hydrogen-bond acceptors (Lipinski definition) is 14. The van der Waals surface area contributed by atoms with Crippen LogP contribution >= 0.6 is 15.6 Å². The fourth-order valence-electron chi connectivity index (χ4n) is 7.62. The second-order valence-corrected chi connectivity index (χ2v) is 22.7. The number of allylic oxidation sites excluding steroid dienone is 10. The van der Waals surface area contributed by atoms with Crippen LogP contribution < -0.4 is 0 Å². The van der Waals surface area contributed by atoms with Crippen molar-refractivity contribution < 1.29 is 75.8 Å². The van der Waals surface area contributed by atoms with E-state index in [1.807, 2.05) is 0 Å². The summed E-state index contributed by atoms with van der Waals surface area (Å²) in [5.74, 6) is -1.60. The molecule has 16 nitrogen and oxygen atoms in total. The van der Waals surface area contributed by atoms with E-state index in [1.165, 1.54) is 38.5 Å². The van der Waals surface area contributed by atoms with Crippen LogP contribution in [0.4, 0.5) is 0 Å². The lowest BCUT2D eigenvalue weighted by molar-refractivity contribution is -0.161. The number of phosphoric acid groups is 2.